The average molecular weight is 674 g/mol. The van der Waals surface area contributed by atoms with Gasteiger partial charge in [-0.15, -0.1) is 0 Å². The van der Waals surface area contributed by atoms with E-state index >= 15 is 4.79 Å². The number of ether oxygens (including phenoxy) is 3. The Balaban J connectivity index is 1.74. The van der Waals surface area contributed by atoms with Gasteiger partial charge in [0, 0.05) is 19.8 Å². The standard InChI is InChI=1S/C38H35N5O7/c1-48-38(47,49-2)32-31(45)36(46,35(26-17-9-4-10-18-26,27-19-11-5-12-20-27)28-21-13-6-14-22-28)37(50-32,30(44)25-15-7-3-8-16-25)43-24-42-29-33(39)40-23-41-34(29)43/h3-24,31-32,45-47H,1-2H3,(H2,39,40,41)/t31-,32+,36+,37-/m1/s1. The molecule has 5 N–H and O–H groups in total. The van der Waals surface area contributed by atoms with Crippen molar-refractivity contribution in [3.8, 4) is 0 Å². The molecule has 0 spiro atoms. The maximum absolute atomic E-state index is 15.7. The van der Waals surface area contributed by atoms with Gasteiger partial charge in [-0.2, -0.15) is 0 Å². The first-order chi connectivity index (χ1) is 24.2. The van der Waals surface area contributed by atoms with Gasteiger partial charge in [-0.1, -0.05) is 121 Å². The highest BCUT2D eigenvalue weighted by molar-refractivity contribution is 6.03. The van der Waals surface area contributed by atoms with Gasteiger partial charge in [-0.25, -0.2) is 15.0 Å². The summed E-state index contributed by atoms with van der Waals surface area (Å²) in [7, 11) is 2.30. The number of aliphatic hydroxyl groups is 3. The summed E-state index contributed by atoms with van der Waals surface area (Å²) in [4.78, 5) is 28.6. The van der Waals surface area contributed by atoms with Gasteiger partial charge in [0.2, 0.25) is 11.5 Å². The van der Waals surface area contributed by atoms with Crippen molar-refractivity contribution in [1.82, 2.24) is 19.5 Å². The second-order valence-corrected chi connectivity index (χ2v) is 12.0. The number of nitrogen functional groups attached to an aromatic ring is 1. The van der Waals surface area contributed by atoms with Crippen LogP contribution >= 0.6 is 0 Å². The largest absolute Gasteiger partial charge is 0.387 e. The Bertz CT molecular complexity index is 2020. The molecule has 1 aliphatic heterocycles. The Hall–Kier alpha value is -5.34. The predicted molar refractivity (Wildman–Crippen MR) is 182 cm³/mol. The van der Waals surface area contributed by atoms with Crippen LogP contribution in [0.2, 0.25) is 0 Å². The predicted octanol–water partition coefficient (Wildman–Crippen LogP) is 3.41. The number of nitrogens with zero attached hydrogens (tertiary/aromatic N) is 4. The number of Topliss-reactive ketones (excluding diaryl/α,β-unsaturated/α-hetero) is 1. The number of carbonyl (C=O) groups excluding carboxylic acids is 1. The normalized spacial score (nSPS) is 22.5. The van der Waals surface area contributed by atoms with Crippen molar-refractivity contribution in [2.75, 3.05) is 20.0 Å². The first kappa shape index (κ1) is 33.2. The summed E-state index contributed by atoms with van der Waals surface area (Å²) in [5, 5.41) is 39.1. The lowest BCUT2D eigenvalue weighted by atomic mass is 9.53. The Kier molecular flexibility index (Phi) is 8.31. The van der Waals surface area contributed by atoms with E-state index in [4.69, 9.17) is 19.9 Å². The first-order valence-electron chi connectivity index (χ1n) is 15.8. The third-order valence-electron chi connectivity index (χ3n) is 9.71. The summed E-state index contributed by atoms with van der Waals surface area (Å²) in [6.45, 7) is 0. The third-order valence-corrected chi connectivity index (χ3v) is 9.71. The minimum absolute atomic E-state index is 0.000393. The van der Waals surface area contributed by atoms with Crippen molar-refractivity contribution >= 4 is 22.8 Å². The summed E-state index contributed by atoms with van der Waals surface area (Å²) < 4.78 is 18.9. The van der Waals surface area contributed by atoms with E-state index in [2.05, 4.69) is 15.0 Å². The monoisotopic (exact) mass is 673 g/mol. The zero-order valence-electron chi connectivity index (χ0n) is 27.2. The lowest BCUT2D eigenvalue weighted by Gasteiger charge is -2.54. The molecule has 3 heterocycles. The molecule has 0 unspecified atom stereocenters. The van der Waals surface area contributed by atoms with Gasteiger partial charge in [0.1, 0.15) is 24.3 Å². The minimum Gasteiger partial charge on any atom is -0.387 e. The van der Waals surface area contributed by atoms with E-state index in [1.54, 1.807) is 103 Å². The third kappa shape index (κ3) is 4.47. The van der Waals surface area contributed by atoms with Gasteiger partial charge in [0.05, 0.1) is 5.41 Å². The van der Waals surface area contributed by atoms with Crippen molar-refractivity contribution in [3.63, 3.8) is 0 Å². The second kappa shape index (κ2) is 12.5. The zero-order valence-corrected chi connectivity index (χ0v) is 27.2. The van der Waals surface area contributed by atoms with Gasteiger partial charge in [0.25, 0.3) is 0 Å². The number of imidazole rings is 1. The number of aromatic nitrogens is 4. The Labute approximate surface area is 287 Å². The maximum atomic E-state index is 15.7. The van der Waals surface area contributed by atoms with E-state index in [0.29, 0.717) is 16.7 Å². The van der Waals surface area contributed by atoms with Crippen molar-refractivity contribution in [1.29, 1.82) is 0 Å². The summed E-state index contributed by atoms with van der Waals surface area (Å²) in [5.74, 6) is -3.49. The van der Waals surface area contributed by atoms with Crippen LogP contribution in [0.25, 0.3) is 11.2 Å². The van der Waals surface area contributed by atoms with Gasteiger partial charge in [0.15, 0.2) is 23.2 Å². The average Bonchev–Trinajstić information content (AvgIpc) is 3.72. The number of fused-ring (bicyclic) bond motifs is 1. The summed E-state index contributed by atoms with van der Waals surface area (Å²) in [6.07, 6.45) is -1.63. The minimum atomic E-state index is -2.81. The van der Waals surface area contributed by atoms with Crippen LogP contribution in [0.3, 0.4) is 0 Å². The first-order valence-corrected chi connectivity index (χ1v) is 15.8. The lowest BCUT2D eigenvalue weighted by Crippen LogP contribution is -2.72. The molecular formula is C38H35N5O7. The molecule has 1 fully saturated rings. The Morgan fingerprint density at radius 1 is 0.800 bits per heavy atom. The summed E-state index contributed by atoms with van der Waals surface area (Å²) in [5.41, 5.74) is 0.542. The van der Waals surface area contributed by atoms with E-state index in [0.717, 1.165) is 14.2 Å². The van der Waals surface area contributed by atoms with E-state index in [-0.39, 0.29) is 22.5 Å². The molecule has 2 aromatic heterocycles. The van der Waals surface area contributed by atoms with Gasteiger partial charge < -0.3 is 35.3 Å². The van der Waals surface area contributed by atoms with Crippen molar-refractivity contribution in [2.45, 2.75) is 34.9 Å². The van der Waals surface area contributed by atoms with E-state index in [1.807, 2.05) is 18.2 Å². The zero-order chi connectivity index (χ0) is 35.1. The smallest absolute Gasteiger partial charge is 0.310 e. The van der Waals surface area contributed by atoms with E-state index < -0.39 is 40.7 Å². The maximum Gasteiger partial charge on any atom is 0.310 e. The molecule has 50 heavy (non-hydrogen) atoms. The number of nitrogens with two attached hydrogens (primary N) is 1. The van der Waals surface area contributed by atoms with Crippen LogP contribution in [0.4, 0.5) is 5.82 Å². The molecule has 254 valence electrons. The number of ketones is 1. The van der Waals surface area contributed by atoms with Crippen LogP contribution < -0.4 is 5.73 Å². The van der Waals surface area contributed by atoms with E-state index in [9.17, 15) is 15.3 Å². The molecule has 12 nitrogen and oxygen atoms in total. The fraction of sp³-hybridized carbons (Fsp3) is 0.211. The van der Waals surface area contributed by atoms with Crippen molar-refractivity contribution in [2.24, 2.45) is 0 Å². The van der Waals surface area contributed by atoms with Crippen LogP contribution in [0.5, 0.6) is 0 Å². The molecule has 0 bridgehead atoms. The molecule has 4 atom stereocenters. The molecule has 1 saturated heterocycles. The molecular weight excluding hydrogens is 638 g/mol. The highest BCUT2D eigenvalue weighted by atomic mass is 16.8. The SMILES string of the molecule is COC(O)(OC)[C@H]1O[C@@](C(=O)c2ccccc2)(n2cnc3c(N)ncnc32)[C@@](O)(C(c2ccccc2)(c2ccccc2)c2ccccc2)[C@@H]1O. The highest BCUT2D eigenvalue weighted by Gasteiger charge is 2.81. The van der Waals surface area contributed by atoms with Crippen LogP contribution in [-0.4, -0.2) is 78.6 Å². The van der Waals surface area contributed by atoms with Crippen LogP contribution in [-0.2, 0) is 25.4 Å². The molecule has 12 heteroatoms. The number of rotatable bonds is 10. The second-order valence-electron chi connectivity index (χ2n) is 12.0. The molecule has 1 aliphatic rings. The molecule has 0 saturated carbocycles. The number of benzene rings is 4. The Morgan fingerprint density at radius 3 is 1.76 bits per heavy atom. The fourth-order valence-corrected chi connectivity index (χ4v) is 7.49. The molecule has 7 rings (SSSR count). The number of carbonyl (C=O) groups is 1. The quantitative estimate of drug-likeness (QED) is 0.0953. The fourth-order valence-electron chi connectivity index (χ4n) is 7.49. The number of anilines is 1. The van der Waals surface area contributed by atoms with Gasteiger partial charge >= 0.3 is 5.97 Å². The molecule has 6 aromatic rings. The van der Waals surface area contributed by atoms with Crippen LogP contribution in [0.15, 0.2) is 134 Å². The van der Waals surface area contributed by atoms with Crippen molar-refractivity contribution < 1.29 is 34.3 Å². The molecule has 0 aliphatic carbocycles. The van der Waals surface area contributed by atoms with E-state index in [1.165, 1.54) is 17.2 Å². The van der Waals surface area contributed by atoms with Gasteiger partial charge in [-0.05, 0) is 16.7 Å². The number of hydrogen-bond donors (Lipinski definition) is 4. The molecule has 0 radical (unpaired) electrons. The number of methoxy groups -OCH3 is 2. The Morgan fingerprint density at radius 2 is 1.28 bits per heavy atom. The number of aliphatic hydroxyl groups excluding tert-OH is 1. The lowest BCUT2D eigenvalue weighted by molar-refractivity contribution is -0.392. The summed E-state index contributed by atoms with van der Waals surface area (Å²) in [6, 6.07) is 35.1. The van der Waals surface area contributed by atoms with Gasteiger partial charge in [-0.3, -0.25) is 9.36 Å². The molecule has 0 amide bonds. The van der Waals surface area contributed by atoms with Crippen LogP contribution in [0, 0.1) is 0 Å². The number of hydrogen-bond acceptors (Lipinski definition) is 11. The topological polar surface area (TPSA) is 175 Å². The van der Waals surface area contributed by atoms with Crippen LogP contribution in [0.1, 0.15) is 27.0 Å². The van der Waals surface area contributed by atoms with Crippen molar-refractivity contribution in [3.05, 3.63) is 156 Å². The molecule has 4 aromatic carbocycles. The highest BCUT2D eigenvalue weighted by Crippen LogP contribution is 2.62. The summed E-state index contributed by atoms with van der Waals surface area (Å²) >= 11 is 0.